The van der Waals surface area contributed by atoms with E-state index in [1.54, 1.807) is 25.4 Å². The second kappa shape index (κ2) is 8.97. The zero-order valence-corrected chi connectivity index (χ0v) is 20.6. The van der Waals surface area contributed by atoms with Crippen molar-refractivity contribution in [3.8, 4) is 11.5 Å². The fourth-order valence-electron chi connectivity index (χ4n) is 7.17. The number of likely N-dealkylation sites (tertiary alicyclic amines) is 1. The highest BCUT2D eigenvalue weighted by Gasteiger charge is 2.46. The quantitative estimate of drug-likeness (QED) is 0.629. The van der Waals surface area contributed by atoms with Gasteiger partial charge >= 0.3 is 0 Å². The maximum Gasteiger partial charge on any atom is 0.279 e. The average molecular weight is 479 g/mol. The number of amides is 1. The van der Waals surface area contributed by atoms with Crippen molar-refractivity contribution in [2.24, 2.45) is 11.8 Å². The van der Waals surface area contributed by atoms with E-state index in [0.717, 1.165) is 25.9 Å². The number of carbonyl (C=O) groups excluding carboxylic acids is 1. The molecule has 0 spiro atoms. The number of nitrogens with zero attached hydrogens (tertiary/aromatic N) is 4. The number of hydrogen-bond donors (Lipinski definition) is 0. The molecule has 4 aliphatic rings. The summed E-state index contributed by atoms with van der Waals surface area (Å²) in [5, 5.41) is 5.38. The van der Waals surface area contributed by atoms with Gasteiger partial charge in [0.2, 0.25) is 5.91 Å². The Balaban J connectivity index is 1.30. The third-order valence-electron chi connectivity index (χ3n) is 8.62. The van der Waals surface area contributed by atoms with Gasteiger partial charge in [0.1, 0.15) is 6.54 Å². The summed E-state index contributed by atoms with van der Waals surface area (Å²) in [4.78, 5) is 31.8. The average Bonchev–Trinajstić information content (AvgIpc) is 2.89. The van der Waals surface area contributed by atoms with Crippen molar-refractivity contribution < 1.29 is 14.3 Å². The minimum Gasteiger partial charge on any atom is -0.493 e. The van der Waals surface area contributed by atoms with E-state index in [4.69, 9.17) is 9.47 Å². The molecule has 6 rings (SSSR count). The molecule has 2 aromatic rings. The summed E-state index contributed by atoms with van der Waals surface area (Å²) in [6.45, 7) is 2.94. The molecule has 8 heteroatoms. The number of fused-ring (bicyclic) bond motifs is 7. The standard InChI is InChI=1S/C27H34N4O4/c1-34-22-9-8-18-14-28-31(27(33)24(18)26(22)35-2)16-23(32)30-11-5-6-17-12-19-13-20(25(17)30)15-29-10-4-3-7-21(19)29/h8-9,12,14,19-21,25H,3-7,10-11,13,15-16H2,1-2H3/t19-,20-,21-,25+/m0/s1. The van der Waals surface area contributed by atoms with Gasteiger partial charge in [0.05, 0.1) is 31.8 Å². The lowest BCUT2D eigenvalue weighted by Gasteiger charge is -2.54. The van der Waals surface area contributed by atoms with E-state index in [2.05, 4.69) is 16.1 Å². The summed E-state index contributed by atoms with van der Waals surface area (Å²) in [6.07, 6.45) is 11.3. The van der Waals surface area contributed by atoms with Crippen LogP contribution in [0, 0.1) is 11.8 Å². The van der Waals surface area contributed by atoms with Crippen molar-refractivity contribution in [1.82, 2.24) is 19.6 Å². The molecule has 2 bridgehead atoms. The van der Waals surface area contributed by atoms with Crippen LogP contribution in [0.2, 0.25) is 0 Å². The van der Waals surface area contributed by atoms with Gasteiger partial charge in [-0.1, -0.05) is 18.1 Å². The Labute approximate surface area is 205 Å². The first-order valence-corrected chi connectivity index (χ1v) is 12.9. The topological polar surface area (TPSA) is 76.9 Å². The van der Waals surface area contributed by atoms with Crippen LogP contribution < -0.4 is 15.0 Å². The van der Waals surface area contributed by atoms with E-state index in [9.17, 15) is 9.59 Å². The van der Waals surface area contributed by atoms with Gasteiger partial charge in [0, 0.05) is 24.5 Å². The number of ether oxygens (including phenoxy) is 2. The Morgan fingerprint density at radius 3 is 2.86 bits per heavy atom. The van der Waals surface area contributed by atoms with Crippen LogP contribution in [0.5, 0.6) is 11.5 Å². The van der Waals surface area contributed by atoms with Gasteiger partial charge < -0.3 is 14.4 Å². The van der Waals surface area contributed by atoms with Gasteiger partial charge in [-0.05, 0) is 62.6 Å². The van der Waals surface area contributed by atoms with E-state index >= 15 is 0 Å². The maximum atomic E-state index is 13.7. The monoisotopic (exact) mass is 478 g/mol. The number of hydrogen-bond acceptors (Lipinski definition) is 6. The Hall–Kier alpha value is -2.87. The number of aromatic nitrogens is 2. The van der Waals surface area contributed by atoms with Crippen LogP contribution in [0.1, 0.15) is 38.5 Å². The third-order valence-corrected chi connectivity index (χ3v) is 8.62. The van der Waals surface area contributed by atoms with Crippen molar-refractivity contribution >= 4 is 16.7 Å². The highest BCUT2D eigenvalue weighted by Crippen LogP contribution is 2.45. The maximum absolute atomic E-state index is 13.7. The van der Waals surface area contributed by atoms with E-state index in [0.29, 0.717) is 40.1 Å². The van der Waals surface area contributed by atoms with Gasteiger partial charge in [-0.3, -0.25) is 14.5 Å². The zero-order valence-electron chi connectivity index (χ0n) is 20.6. The van der Waals surface area contributed by atoms with Crippen molar-refractivity contribution in [1.29, 1.82) is 0 Å². The normalized spacial score (nSPS) is 28.2. The molecule has 4 atom stereocenters. The fourth-order valence-corrected chi connectivity index (χ4v) is 7.17. The summed E-state index contributed by atoms with van der Waals surface area (Å²) in [5.41, 5.74) is 1.11. The van der Waals surface area contributed by atoms with Crippen LogP contribution in [0.4, 0.5) is 0 Å². The van der Waals surface area contributed by atoms with Gasteiger partial charge in [0.25, 0.3) is 5.56 Å². The highest BCUT2D eigenvalue weighted by atomic mass is 16.5. The minimum atomic E-state index is -0.336. The third kappa shape index (κ3) is 3.73. The number of piperidine rings is 3. The van der Waals surface area contributed by atoms with Gasteiger partial charge in [-0.15, -0.1) is 0 Å². The first-order chi connectivity index (χ1) is 17.1. The molecular weight excluding hydrogens is 444 g/mol. The van der Waals surface area contributed by atoms with Gasteiger partial charge in [-0.2, -0.15) is 5.10 Å². The van der Waals surface area contributed by atoms with Gasteiger partial charge in [-0.25, -0.2) is 4.68 Å². The molecule has 8 nitrogen and oxygen atoms in total. The molecule has 0 saturated carbocycles. The van der Waals surface area contributed by atoms with Crippen LogP contribution >= 0.6 is 0 Å². The Bertz CT molecular complexity index is 1240. The second-order valence-corrected chi connectivity index (χ2v) is 10.5. The van der Waals surface area contributed by atoms with Crippen molar-refractivity contribution in [3.05, 3.63) is 40.3 Å². The van der Waals surface area contributed by atoms with Crippen LogP contribution in [0.15, 0.2) is 34.8 Å². The second-order valence-electron chi connectivity index (χ2n) is 10.5. The largest absolute Gasteiger partial charge is 0.493 e. The molecule has 1 aliphatic carbocycles. The Kier molecular flexibility index (Phi) is 5.79. The predicted molar refractivity (Wildman–Crippen MR) is 133 cm³/mol. The molecule has 4 heterocycles. The molecule has 3 saturated heterocycles. The summed E-state index contributed by atoms with van der Waals surface area (Å²) in [6, 6.07) is 4.38. The van der Waals surface area contributed by atoms with E-state index in [1.807, 2.05) is 4.90 Å². The number of benzene rings is 1. The molecule has 1 aromatic heterocycles. The molecule has 0 radical (unpaired) electrons. The summed E-state index contributed by atoms with van der Waals surface area (Å²) >= 11 is 0. The highest BCUT2D eigenvalue weighted by molar-refractivity contribution is 5.89. The van der Waals surface area contributed by atoms with Gasteiger partial charge in [0.15, 0.2) is 11.5 Å². The summed E-state index contributed by atoms with van der Waals surface area (Å²) < 4.78 is 12.1. The molecule has 1 amide bonds. The lowest BCUT2D eigenvalue weighted by Crippen LogP contribution is -2.60. The Morgan fingerprint density at radius 2 is 2.03 bits per heavy atom. The lowest BCUT2D eigenvalue weighted by molar-refractivity contribution is -0.137. The lowest BCUT2D eigenvalue weighted by atomic mass is 9.68. The number of methoxy groups -OCH3 is 2. The first kappa shape index (κ1) is 22.6. The van der Waals surface area contributed by atoms with E-state index in [-0.39, 0.29) is 24.1 Å². The molecule has 3 aliphatic heterocycles. The van der Waals surface area contributed by atoms with Crippen molar-refractivity contribution in [2.75, 3.05) is 33.9 Å². The molecule has 0 N–H and O–H groups in total. The molecule has 35 heavy (non-hydrogen) atoms. The van der Waals surface area contributed by atoms with E-state index < -0.39 is 0 Å². The Morgan fingerprint density at radius 1 is 1.14 bits per heavy atom. The summed E-state index contributed by atoms with van der Waals surface area (Å²) in [5.74, 6) is 1.93. The zero-order chi connectivity index (χ0) is 24.1. The summed E-state index contributed by atoms with van der Waals surface area (Å²) in [7, 11) is 3.06. The predicted octanol–water partition coefficient (Wildman–Crippen LogP) is 2.84. The molecule has 1 aromatic carbocycles. The first-order valence-electron chi connectivity index (χ1n) is 12.9. The SMILES string of the molecule is COc1ccc2cnn(CC(=O)N3CCCC4=C[C@H]5C[C@@H](CN6CCCC[C@@H]56)[C@@H]43)c(=O)c2c1OC. The molecule has 186 valence electrons. The number of carbonyl (C=O) groups is 1. The molecular formula is C27H34N4O4. The van der Waals surface area contributed by atoms with Crippen LogP contribution in [-0.4, -0.2) is 71.4 Å². The fraction of sp³-hybridized carbons (Fsp3) is 0.593. The van der Waals surface area contributed by atoms with Crippen molar-refractivity contribution in [3.63, 3.8) is 0 Å². The molecule has 3 fully saturated rings. The van der Waals surface area contributed by atoms with Crippen LogP contribution in [0.25, 0.3) is 10.8 Å². The molecule has 0 unspecified atom stereocenters. The van der Waals surface area contributed by atoms with Crippen LogP contribution in [0.3, 0.4) is 0 Å². The van der Waals surface area contributed by atoms with Crippen LogP contribution in [-0.2, 0) is 11.3 Å². The smallest absolute Gasteiger partial charge is 0.279 e. The number of rotatable bonds is 4. The van der Waals surface area contributed by atoms with Crippen molar-refractivity contribution in [2.45, 2.75) is 57.2 Å². The minimum absolute atomic E-state index is 0.0318. The van der Waals surface area contributed by atoms with E-state index in [1.165, 1.54) is 49.6 Å².